The minimum absolute atomic E-state index is 0.195. The molecule has 2 N–H and O–H groups in total. The number of imide groups is 2. The maximum Gasteiger partial charge on any atom is 0.328 e. The number of rotatable bonds is 0. The molecule has 0 bridgehead atoms. The maximum atomic E-state index is 10.5. The zero-order valence-corrected chi connectivity index (χ0v) is 5.72. The molecule has 1 aliphatic rings. The number of carbonyl (C=O) groups is 3. The van der Waals surface area contributed by atoms with Crippen LogP contribution in [0.15, 0.2) is 0 Å². The number of amides is 4. The Labute approximate surface area is 58.0 Å². The molecule has 1 saturated heterocycles. The average molecular weight is 158 g/mol. The molecule has 0 saturated carbocycles. The number of hydrogen-bond donors (Lipinski definition) is 2. The van der Waals surface area contributed by atoms with E-state index in [1.165, 1.54) is 0 Å². The lowest BCUT2D eigenvalue weighted by Gasteiger charge is -2.11. The van der Waals surface area contributed by atoms with E-state index in [0.29, 0.717) is 0 Å². The predicted molar refractivity (Wildman–Crippen MR) is 35.0 cm³/mol. The van der Waals surface area contributed by atoms with Gasteiger partial charge < -0.3 is 0 Å². The Kier molecular flexibility index (Phi) is 1.51. The molecule has 1 aliphatic heterocycles. The van der Waals surface area contributed by atoms with Crippen LogP contribution in [0.1, 0.15) is 0 Å². The van der Waals surface area contributed by atoms with E-state index in [1.54, 1.807) is 0 Å². The van der Waals surface area contributed by atoms with Gasteiger partial charge in [0.25, 0.3) is 11.8 Å². The smallest absolute Gasteiger partial charge is 0.273 e. The van der Waals surface area contributed by atoms with Crippen molar-refractivity contribution in [3.63, 3.8) is 0 Å². The molecule has 0 aromatic heterocycles. The third-order valence-electron chi connectivity index (χ3n) is 0.908. The lowest BCUT2D eigenvalue weighted by Crippen LogP contribution is -2.55. The molecular formula is C4H3N2O3P. The molecule has 0 atom stereocenters. The fraction of sp³-hybridized carbons (Fsp3) is 0. The zero-order chi connectivity index (χ0) is 7.72. The Morgan fingerprint density at radius 1 is 1.00 bits per heavy atom. The maximum absolute atomic E-state index is 10.5. The first kappa shape index (κ1) is 6.89. The van der Waals surface area contributed by atoms with Crippen LogP contribution in [0.2, 0.25) is 0 Å². The minimum Gasteiger partial charge on any atom is -0.273 e. The second kappa shape index (κ2) is 2.19. The number of urea groups is 1. The standard InChI is InChI=1S/C4H3N2O3P/c7-2-1(10)3(8)6-4(9)5-2/h10H,(H2,5,6,7,8,9). The highest BCUT2D eigenvalue weighted by atomic mass is 31.0. The van der Waals surface area contributed by atoms with Gasteiger partial charge in [-0.1, -0.05) is 0 Å². The third-order valence-corrected chi connectivity index (χ3v) is 1.36. The average Bonchev–Trinajstić information content (AvgIpc) is 1.82. The van der Waals surface area contributed by atoms with Crippen LogP contribution in [-0.2, 0) is 9.59 Å². The molecule has 0 radical (unpaired) electrons. The fourth-order valence-electron chi connectivity index (χ4n) is 0.466. The van der Waals surface area contributed by atoms with E-state index in [4.69, 9.17) is 0 Å². The highest BCUT2D eigenvalue weighted by Crippen LogP contribution is 1.87. The van der Waals surface area contributed by atoms with Gasteiger partial charge in [0.1, 0.15) is 5.29 Å². The van der Waals surface area contributed by atoms with Gasteiger partial charge in [-0.25, -0.2) is 4.79 Å². The Bertz CT molecular complexity index is 225. The van der Waals surface area contributed by atoms with E-state index in [-0.39, 0.29) is 5.29 Å². The van der Waals surface area contributed by atoms with Gasteiger partial charge in [-0.15, -0.1) is 8.86 Å². The van der Waals surface area contributed by atoms with E-state index in [9.17, 15) is 14.4 Å². The van der Waals surface area contributed by atoms with Crippen LogP contribution in [0, 0.1) is 0 Å². The highest BCUT2D eigenvalue weighted by Gasteiger charge is 2.25. The van der Waals surface area contributed by atoms with Crippen molar-refractivity contribution in [3.8, 4) is 0 Å². The van der Waals surface area contributed by atoms with Crippen molar-refractivity contribution >= 4 is 32.0 Å². The van der Waals surface area contributed by atoms with Gasteiger partial charge in [0.2, 0.25) is 0 Å². The van der Waals surface area contributed by atoms with Gasteiger partial charge in [0, 0.05) is 0 Å². The van der Waals surface area contributed by atoms with Crippen molar-refractivity contribution in [1.82, 2.24) is 10.6 Å². The van der Waals surface area contributed by atoms with E-state index in [0.717, 1.165) is 0 Å². The van der Waals surface area contributed by atoms with Crippen molar-refractivity contribution < 1.29 is 14.4 Å². The Morgan fingerprint density at radius 2 is 1.40 bits per heavy atom. The van der Waals surface area contributed by atoms with Crippen molar-refractivity contribution in [3.05, 3.63) is 0 Å². The summed E-state index contributed by atoms with van der Waals surface area (Å²) in [6.07, 6.45) is 0. The monoisotopic (exact) mass is 158 g/mol. The lowest BCUT2D eigenvalue weighted by molar-refractivity contribution is -0.118. The van der Waals surface area contributed by atoms with Gasteiger partial charge in [0.05, 0.1) is 0 Å². The van der Waals surface area contributed by atoms with E-state index >= 15 is 0 Å². The predicted octanol–water partition coefficient (Wildman–Crippen LogP) is -1.33. The molecule has 1 rings (SSSR count). The third kappa shape index (κ3) is 1.04. The van der Waals surface area contributed by atoms with Gasteiger partial charge in [-0.05, 0) is 0 Å². The van der Waals surface area contributed by atoms with Gasteiger partial charge in [-0.3, -0.25) is 20.2 Å². The largest absolute Gasteiger partial charge is 0.328 e. The second-order valence-corrected chi connectivity index (χ2v) is 2.11. The first-order valence-corrected chi connectivity index (χ1v) is 2.86. The Morgan fingerprint density at radius 3 is 1.80 bits per heavy atom. The van der Waals surface area contributed by atoms with Crippen LogP contribution in [0.3, 0.4) is 0 Å². The second-order valence-electron chi connectivity index (χ2n) is 1.61. The van der Waals surface area contributed by atoms with Gasteiger partial charge in [-0.2, -0.15) is 0 Å². The number of nitrogens with one attached hydrogen (secondary N) is 2. The molecule has 0 aliphatic carbocycles. The molecular weight excluding hydrogens is 155 g/mol. The summed E-state index contributed by atoms with van der Waals surface area (Å²) >= 11 is 0. The molecule has 1 heterocycles. The fourth-order valence-corrected chi connectivity index (χ4v) is 0.591. The molecule has 5 nitrogen and oxygen atoms in total. The van der Waals surface area contributed by atoms with Crippen LogP contribution in [-0.4, -0.2) is 23.1 Å². The molecule has 4 amide bonds. The summed E-state index contributed by atoms with van der Waals surface area (Å²) in [5, 5.41) is 3.53. The molecule has 52 valence electrons. The molecule has 0 aromatic carbocycles. The summed E-state index contributed by atoms with van der Waals surface area (Å²) in [5.74, 6) is -1.43. The summed E-state index contributed by atoms with van der Waals surface area (Å²) < 4.78 is 0. The Hall–Kier alpha value is -1.22. The zero-order valence-electron chi connectivity index (χ0n) is 4.72. The number of barbiturate groups is 1. The summed E-state index contributed by atoms with van der Waals surface area (Å²) in [7, 11) is 2.74. The minimum atomic E-state index is -0.794. The van der Waals surface area contributed by atoms with Crippen LogP contribution in [0.4, 0.5) is 4.79 Å². The van der Waals surface area contributed by atoms with Gasteiger partial charge in [0.15, 0.2) is 0 Å². The molecule has 0 unspecified atom stereocenters. The van der Waals surface area contributed by atoms with Crippen molar-refractivity contribution in [1.29, 1.82) is 0 Å². The highest BCUT2D eigenvalue weighted by molar-refractivity contribution is 7.31. The topological polar surface area (TPSA) is 75.3 Å². The van der Waals surface area contributed by atoms with Crippen molar-refractivity contribution in [2.24, 2.45) is 0 Å². The molecule has 0 aromatic rings. The molecule has 10 heavy (non-hydrogen) atoms. The first-order chi connectivity index (χ1) is 4.61. The van der Waals surface area contributed by atoms with Crippen molar-refractivity contribution in [2.45, 2.75) is 0 Å². The quantitative estimate of drug-likeness (QED) is 0.429. The number of carbonyl (C=O) groups excluding carboxylic acids is 3. The van der Waals surface area contributed by atoms with Gasteiger partial charge >= 0.3 is 6.03 Å². The molecule has 1 fully saturated rings. The van der Waals surface area contributed by atoms with Crippen LogP contribution in [0.25, 0.3) is 0 Å². The number of hydrogen-bond acceptors (Lipinski definition) is 3. The summed E-state index contributed by atoms with van der Waals surface area (Å²) in [5.41, 5.74) is 0. The van der Waals surface area contributed by atoms with E-state index < -0.39 is 17.8 Å². The molecule has 0 spiro atoms. The van der Waals surface area contributed by atoms with Crippen LogP contribution < -0.4 is 10.6 Å². The van der Waals surface area contributed by atoms with Crippen LogP contribution in [0.5, 0.6) is 0 Å². The molecule has 6 heteroatoms. The normalized spacial score (nSPS) is 18.4. The van der Waals surface area contributed by atoms with E-state index in [2.05, 4.69) is 8.86 Å². The summed E-state index contributed by atoms with van der Waals surface area (Å²) in [6, 6.07) is -0.794. The lowest BCUT2D eigenvalue weighted by atomic mass is 10.3. The SMILES string of the molecule is O=C1NC(=O)C(=P)C(=O)N1. The first-order valence-electron chi connectivity index (χ1n) is 2.36. The van der Waals surface area contributed by atoms with Crippen molar-refractivity contribution in [2.75, 3.05) is 0 Å². The van der Waals surface area contributed by atoms with Crippen LogP contribution >= 0.6 is 8.86 Å². The Balaban J connectivity index is 2.86. The summed E-state index contributed by atoms with van der Waals surface area (Å²) in [6.45, 7) is 0. The van der Waals surface area contributed by atoms with E-state index in [1.807, 2.05) is 10.6 Å². The summed E-state index contributed by atoms with van der Waals surface area (Å²) in [4.78, 5) is 31.4.